The van der Waals surface area contributed by atoms with E-state index in [0.717, 1.165) is 0 Å². The van der Waals surface area contributed by atoms with Gasteiger partial charge in [-0.2, -0.15) is 0 Å². The first-order valence-corrected chi connectivity index (χ1v) is 3.58. The van der Waals surface area contributed by atoms with E-state index < -0.39 is 5.97 Å². The van der Waals surface area contributed by atoms with Gasteiger partial charge in [0.2, 0.25) is 0 Å². The Hall–Kier alpha value is -1.58. The second-order valence-electron chi connectivity index (χ2n) is 2.43. The molecule has 12 heavy (non-hydrogen) atoms. The molecule has 1 aromatic rings. The zero-order valence-corrected chi connectivity index (χ0v) is 6.41. The molecule has 0 spiro atoms. The van der Waals surface area contributed by atoms with Crippen molar-refractivity contribution in [1.82, 2.24) is 4.98 Å². The molecule has 2 N–H and O–H groups in total. The monoisotopic (exact) mass is 167 g/mol. The fraction of sp³-hybridized carbons (Fsp3) is 0.250. The van der Waals surface area contributed by atoms with E-state index in [1.165, 1.54) is 18.5 Å². The van der Waals surface area contributed by atoms with Crippen LogP contribution in [0.4, 0.5) is 0 Å². The molecule has 64 valence electrons. The van der Waals surface area contributed by atoms with E-state index in [-0.39, 0.29) is 18.3 Å². The Bertz CT molecular complexity index is 329. The predicted octanol–water partition coefficient (Wildman–Crippen LogP) is 0.392. The SMILES string of the molecule is O=C(O)CCc1c[nH]ccc1=O. The van der Waals surface area contributed by atoms with Crippen molar-refractivity contribution in [3.63, 3.8) is 0 Å². The summed E-state index contributed by atoms with van der Waals surface area (Å²) >= 11 is 0. The topological polar surface area (TPSA) is 70.2 Å². The molecule has 0 radical (unpaired) electrons. The molecule has 0 bridgehead atoms. The lowest BCUT2D eigenvalue weighted by molar-refractivity contribution is -0.136. The summed E-state index contributed by atoms with van der Waals surface area (Å²) in [5.41, 5.74) is 0.398. The second-order valence-corrected chi connectivity index (χ2v) is 2.43. The summed E-state index contributed by atoms with van der Waals surface area (Å²) in [6, 6.07) is 1.39. The number of aryl methyl sites for hydroxylation is 1. The quantitative estimate of drug-likeness (QED) is 0.684. The highest BCUT2D eigenvalue weighted by molar-refractivity contribution is 5.67. The van der Waals surface area contributed by atoms with Gasteiger partial charge in [-0.05, 0) is 6.42 Å². The highest BCUT2D eigenvalue weighted by atomic mass is 16.4. The Balaban J connectivity index is 2.70. The Kier molecular flexibility index (Phi) is 2.63. The molecule has 0 aromatic carbocycles. The summed E-state index contributed by atoms with van der Waals surface area (Å²) in [6.45, 7) is 0. The lowest BCUT2D eigenvalue weighted by Gasteiger charge is -1.94. The van der Waals surface area contributed by atoms with E-state index in [1.807, 2.05) is 0 Å². The van der Waals surface area contributed by atoms with Crippen molar-refractivity contribution in [2.45, 2.75) is 12.8 Å². The summed E-state index contributed by atoms with van der Waals surface area (Å²) in [4.78, 5) is 23.9. The Morgan fingerprint density at radius 3 is 2.92 bits per heavy atom. The molecule has 0 saturated heterocycles. The maximum Gasteiger partial charge on any atom is 0.303 e. The molecular formula is C8H9NO3. The van der Waals surface area contributed by atoms with Gasteiger partial charge in [-0.25, -0.2) is 0 Å². The Morgan fingerprint density at radius 1 is 1.58 bits per heavy atom. The largest absolute Gasteiger partial charge is 0.481 e. The molecule has 0 aliphatic rings. The fourth-order valence-electron chi connectivity index (χ4n) is 0.888. The molecule has 0 aliphatic heterocycles. The number of carboxylic acids is 1. The average Bonchev–Trinajstić information content (AvgIpc) is 2.03. The molecule has 0 aliphatic carbocycles. The molecule has 0 saturated carbocycles. The van der Waals surface area contributed by atoms with E-state index in [1.54, 1.807) is 0 Å². The van der Waals surface area contributed by atoms with Crippen LogP contribution in [0.15, 0.2) is 23.3 Å². The maximum atomic E-state index is 11.0. The van der Waals surface area contributed by atoms with E-state index in [0.29, 0.717) is 5.56 Å². The van der Waals surface area contributed by atoms with Crippen molar-refractivity contribution in [2.75, 3.05) is 0 Å². The molecule has 1 aromatic heterocycles. The first kappa shape index (κ1) is 8.52. The van der Waals surface area contributed by atoms with Gasteiger partial charge in [0, 0.05) is 30.4 Å². The molecular weight excluding hydrogens is 158 g/mol. The number of carboxylic acid groups (broad SMARTS) is 1. The molecule has 0 unspecified atom stereocenters. The van der Waals surface area contributed by atoms with Crippen LogP contribution >= 0.6 is 0 Å². The third-order valence-electron chi connectivity index (χ3n) is 1.51. The zero-order valence-electron chi connectivity index (χ0n) is 6.41. The van der Waals surface area contributed by atoms with Crippen LogP contribution in [0.1, 0.15) is 12.0 Å². The van der Waals surface area contributed by atoms with Crippen LogP contribution in [0.5, 0.6) is 0 Å². The summed E-state index contributed by atoms with van der Waals surface area (Å²) in [5.74, 6) is -0.891. The predicted molar refractivity (Wildman–Crippen MR) is 43.0 cm³/mol. The smallest absolute Gasteiger partial charge is 0.303 e. The number of hydrogen-bond acceptors (Lipinski definition) is 2. The van der Waals surface area contributed by atoms with E-state index in [9.17, 15) is 9.59 Å². The van der Waals surface area contributed by atoms with Crippen LogP contribution in [-0.2, 0) is 11.2 Å². The van der Waals surface area contributed by atoms with Gasteiger partial charge in [0.1, 0.15) is 0 Å². The van der Waals surface area contributed by atoms with Crippen LogP contribution in [0.3, 0.4) is 0 Å². The lowest BCUT2D eigenvalue weighted by Crippen LogP contribution is -2.09. The van der Waals surface area contributed by atoms with Crippen LogP contribution in [-0.4, -0.2) is 16.1 Å². The van der Waals surface area contributed by atoms with Crippen molar-refractivity contribution in [3.05, 3.63) is 34.2 Å². The van der Waals surface area contributed by atoms with Gasteiger partial charge in [-0.15, -0.1) is 0 Å². The van der Waals surface area contributed by atoms with Crippen LogP contribution in [0.25, 0.3) is 0 Å². The minimum Gasteiger partial charge on any atom is -0.481 e. The van der Waals surface area contributed by atoms with Crippen LogP contribution < -0.4 is 5.43 Å². The van der Waals surface area contributed by atoms with Gasteiger partial charge in [0.15, 0.2) is 5.43 Å². The average molecular weight is 167 g/mol. The van der Waals surface area contributed by atoms with Crippen molar-refractivity contribution in [1.29, 1.82) is 0 Å². The summed E-state index contributed by atoms with van der Waals surface area (Å²) in [5, 5.41) is 8.35. The van der Waals surface area contributed by atoms with Crippen molar-refractivity contribution in [2.24, 2.45) is 0 Å². The molecule has 0 fully saturated rings. The summed E-state index contributed by atoms with van der Waals surface area (Å²) < 4.78 is 0. The number of H-pyrrole nitrogens is 1. The fourth-order valence-corrected chi connectivity index (χ4v) is 0.888. The van der Waals surface area contributed by atoms with Crippen molar-refractivity contribution >= 4 is 5.97 Å². The number of hydrogen-bond donors (Lipinski definition) is 2. The standard InChI is InChI=1S/C8H9NO3/c10-7-3-4-9-5-6(7)1-2-8(11)12/h3-5H,1-2H2,(H,9,10)(H,11,12). The molecule has 1 heterocycles. The number of pyridine rings is 1. The Morgan fingerprint density at radius 2 is 2.33 bits per heavy atom. The number of rotatable bonds is 3. The van der Waals surface area contributed by atoms with E-state index >= 15 is 0 Å². The number of aromatic nitrogens is 1. The summed E-state index contributed by atoms with van der Waals surface area (Å²) in [6.07, 6.45) is 3.33. The van der Waals surface area contributed by atoms with Gasteiger partial charge < -0.3 is 10.1 Å². The van der Waals surface area contributed by atoms with Gasteiger partial charge in [0.05, 0.1) is 0 Å². The van der Waals surface area contributed by atoms with Gasteiger partial charge in [0.25, 0.3) is 0 Å². The number of aliphatic carboxylic acids is 1. The number of aromatic amines is 1. The van der Waals surface area contributed by atoms with Crippen LogP contribution in [0.2, 0.25) is 0 Å². The minimum atomic E-state index is -0.891. The number of nitrogens with one attached hydrogen (secondary N) is 1. The van der Waals surface area contributed by atoms with Gasteiger partial charge >= 0.3 is 5.97 Å². The number of carbonyl (C=O) groups is 1. The van der Waals surface area contributed by atoms with Crippen molar-refractivity contribution in [3.8, 4) is 0 Å². The van der Waals surface area contributed by atoms with E-state index in [4.69, 9.17) is 5.11 Å². The highest BCUT2D eigenvalue weighted by Gasteiger charge is 2.01. The third-order valence-corrected chi connectivity index (χ3v) is 1.51. The maximum absolute atomic E-state index is 11.0. The second kappa shape index (κ2) is 3.71. The molecule has 0 atom stereocenters. The van der Waals surface area contributed by atoms with Crippen LogP contribution in [0, 0.1) is 0 Å². The van der Waals surface area contributed by atoms with Gasteiger partial charge in [-0.1, -0.05) is 0 Å². The normalized spacial score (nSPS) is 9.67. The molecule has 4 nitrogen and oxygen atoms in total. The zero-order chi connectivity index (χ0) is 8.97. The Labute approximate surface area is 68.9 Å². The highest BCUT2D eigenvalue weighted by Crippen LogP contribution is 1.93. The first-order chi connectivity index (χ1) is 5.70. The minimum absolute atomic E-state index is 0.00685. The molecule has 4 heteroatoms. The van der Waals surface area contributed by atoms with Gasteiger partial charge in [-0.3, -0.25) is 9.59 Å². The lowest BCUT2D eigenvalue weighted by atomic mass is 10.1. The molecule has 1 rings (SSSR count). The third kappa shape index (κ3) is 2.23. The van der Waals surface area contributed by atoms with E-state index in [2.05, 4.69) is 4.98 Å². The summed E-state index contributed by atoms with van der Waals surface area (Å²) in [7, 11) is 0. The van der Waals surface area contributed by atoms with Crippen molar-refractivity contribution < 1.29 is 9.90 Å². The molecule has 0 amide bonds. The first-order valence-electron chi connectivity index (χ1n) is 3.58.